The highest BCUT2D eigenvalue weighted by Gasteiger charge is 2.43. The Morgan fingerprint density at radius 1 is 0.537 bits per heavy atom. The molecular formula is C34H33BrO6. The normalized spacial score (nSPS) is 16.7. The van der Waals surface area contributed by atoms with Crippen LogP contribution in [0, 0.1) is 0 Å². The average molecular weight is 618 g/mol. The van der Waals surface area contributed by atoms with E-state index in [1.807, 2.05) is 36.4 Å². The topological polar surface area (TPSA) is 55.4 Å². The van der Waals surface area contributed by atoms with Gasteiger partial charge in [-0.3, -0.25) is 0 Å². The quantitative estimate of drug-likeness (QED) is 0.190. The van der Waals surface area contributed by atoms with Crippen LogP contribution in [0.1, 0.15) is 39.7 Å². The predicted octanol–water partition coefficient (Wildman–Crippen LogP) is 7.97. The van der Waals surface area contributed by atoms with Crippen molar-refractivity contribution in [3.8, 4) is 34.5 Å². The molecule has 4 aromatic carbocycles. The van der Waals surface area contributed by atoms with Crippen LogP contribution < -0.4 is 28.4 Å². The van der Waals surface area contributed by atoms with Crippen LogP contribution in [0.4, 0.5) is 0 Å². The van der Waals surface area contributed by atoms with Gasteiger partial charge < -0.3 is 28.4 Å². The van der Waals surface area contributed by atoms with Crippen molar-refractivity contribution < 1.29 is 28.4 Å². The molecule has 0 spiro atoms. The van der Waals surface area contributed by atoms with Gasteiger partial charge in [-0.25, -0.2) is 0 Å². The highest BCUT2D eigenvalue weighted by molar-refractivity contribution is 9.10. The van der Waals surface area contributed by atoms with Crippen molar-refractivity contribution in [2.45, 2.75) is 11.8 Å². The summed E-state index contributed by atoms with van der Waals surface area (Å²) in [5, 5.41) is 0. The van der Waals surface area contributed by atoms with Crippen LogP contribution in [0.2, 0.25) is 0 Å². The maximum Gasteiger partial charge on any atom is 0.137 e. The fraction of sp³-hybridized carbons (Fsp3) is 0.235. The van der Waals surface area contributed by atoms with Crippen LogP contribution in [0.3, 0.4) is 0 Å². The molecule has 0 radical (unpaired) electrons. The first-order valence-electron chi connectivity index (χ1n) is 13.1. The zero-order chi connectivity index (χ0) is 29.1. The molecule has 1 aliphatic carbocycles. The highest BCUT2D eigenvalue weighted by atomic mass is 79.9. The van der Waals surface area contributed by atoms with Crippen LogP contribution in [0.5, 0.6) is 34.5 Å². The zero-order valence-corrected chi connectivity index (χ0v) is 25.6. The molecule has 2 atom stereocenters. The van der Waals surface area contributed by atoms with Gasteiger partial charge >= 0.3 is 0 Å². The molecule has 1 aliphatic rings. The Morgan fingerprint density at radius 2 is 1.07 bits per heavy atom. The number of benzene rings is 4. The molecule has 0 aromatic heterocycles. The number of fused-ring (bicyclic) bond motifs is 1. The SMILES string of the molecule is COc1ccc(C=C2c3c(Br)c(OC)cc(OC)c3[C@H](c3cc(OC)cc(OC)c3)[C@H]2c2ccc(OC)cc2)cc1. The highest BCUT2D eigenvalue weighted by Crippen LogP contribution is 2.61. The summed E-state index contributed by atoms with van der Waals surface area (Å²) in [6.45, 7) is 0. The van der Waals surface area contributed by atoms with E-state index in [1.165, 1.54) is 0 Å². The van der Waals surface area contributed by atoms with E-state index in [9.17, 15) is 0 Å². The molecule has 0 aliphatic heterocycles. The van der Waals surface area contributed by atoms with Crippen molar-refractivity contribution in [2.24, 2.45) is 0 Å². The molecule has 0 fully saturated rings. The Hall–Kier alpha value is -4.10. The number of hydrogen-bond acceptors (Lipinski definition) is 6. The number of rotatable bonds is 9. The minimum absolute atomic E-state index is 0.0906. The molecule has 6 nitrogen and oxygen atoms in total. The summed E-state index contributed by atoms with van der Waals surface area (Å²) < 4.78 is 35.0. The van der Waals surface area contributed by atoms with Gasteiger partial charge in [-0.2, -0.15) is 0 Å². The molecule has 0 heterocycles. The van der Waals surface area contributed by atoms with E-state index in [0.717, 1.165) is 55.1 Å². The lowest BCUT2D eigenvalue weighted by Crippen LogP contribution is -2.09. The van der Waals surface area contributed by atoms with Gasteiger partial charge in [0.15, 0.2) is 0 Å². The first kappa shape index (κ1) is 28.4. The second kappa shape index (κ2) is 12.2. The van der Waals surface area contributed by atoms with Crippen LogP contribution in [0.15, 0.2) is 77.3 Å². The second-order valence-corrected chi connectivity index (χ2v) is 10.4. The van der Waals surface area contributed by atoms with Gasteiger partial charge in [0.05, 0.1) is 47.1 Å². The summed E-state index contributed by atoms with van der Waals surface area (Å²) in [5.74, 6) is 4.24. The minimum Gasteiger partial charge on any atom is -0.497 e. The van der Waals surface area contributed by atoms with Crippen molar-refractivity contribution in [2.75, 3.05) is 42.7 Å². The van der Waals surface area contributed by atoms with E-state index in [4.69, 9.17) is 28.4 Å². The third-order valence-corrected chi connectivity index (χ3v) is 8.37. The third-order valence-electron chi connectivity index (χ3n) is 7.59. The maximum absolute atomic E-state index is 6.04. The maximum atomic E-state index is 6.04. The summed E-state index contributed by atoms with van der Waals surface area (Å²) in [6.07, 6.45) is 2.23. The molecule has 5 rings (SSSR count). The third kappa shape index (κ3) is 5.34. The van der Waals surface area contributed by atoms with Crippen LogP contribution >= 0.6 is 15.9 Å². The van der Waals surface area contributed by atoms with Crippen molar-refractivity contribution in [3.63, 3.8) is 0 Å². The van der Waals surface area contributed by atoms with Crippen molar-refractivity contribution in [1.29, 1.82) is 0 Å². The molecule has 41 heavy (non-hydrogen) atoms. The lowest BCUT2D eigenvalue weighted by atomic mass is 9.79. The summed E-state index contributed by atoms with van der Waals surface area (Å²) in [7, 11) is 10.0. The van der Waals surface area contributed by atoms with Gasteiger partial charge in [0, 0.05) is 35.1 Å². The number of halogens is 1. The van der Waals surface area contributed by atoms with Gasteiger partial charge in [-0.05, 0) is 74.6 Å². The lowest BCUT2D eigenvalue weighted by molar-refractivity contribution is 0.387. The number of ether oxygens (including phenoxy) is 6. The van der Waals surface area contributed by atoms with Crippen LogP contribution in [-0.4, -0.2) is 42.7 Å². The molecule has 0 bridgehead atoms. The van der Waals surface area contributed by atoms with Gasteiger partial charge in [0.2, 0.25) is 0 Å². The van der Waals surface area contributed by atoms with Crippen molar-refractivity contribution in [1.82, 2.24) is 0 Å². The lowest BCUT2D eigenvalue weighted by Gasteiger charge is -2.25. The van der Waals surface area contributed by atoms with Crippen molar-refractivity contribution in [3.05, 3.63) is 105 Å². The predicted molar refractivity (Wildman–Crippen MR) is 165 cm³/mol. The molecule has 0 N–H and O–H groups in total. The standard InChI is InChI=1S/C34H33BrO6/c1-36-23-11-7-20(8-12-23)15-27-30(21-9-13-24(37-2)14-10-21)31(22-16-25(38-3)18-26(17-22)39-4)33-28(40-5)19-29(41-6)34(35)32(27)33/h7-19,30-31H,1-6H3/t30-,31+/m0/s1. The Labute approximate surface area is 249 Å². The zero-order valence-electron chi connectivity index (χ0n) is 24.0. The summed E-state index contributed by atoms with van der Waals surface area (Å²) in [5.41, 5.74) is 6.41. The fourth-order valence-corrected chi connectivity index (χ4v) is 6.35. The Morgan fingerprint density at radius 3 is 1.59 bits per heavy atom. The molecule has 0 amide bonds. The summed E-state index contributed by atoms with van der Waals surface area (Å²) >= 11 is 3.90. The number of hydrogen-bond donors (Lipinski definition) is 0. The van der Waals surface area contributed by atoms with Crippen LogP contribution in [0.25, 0.3) is 11.6 Å². The first-order chi connectivity index (χ1) is 20.0. The molecule has 0 unspecified atom stereocenters. The smallest absolute Gasteiger partial charge is 0.137 e. The Balaban J connectivity index is 1.86. The summed E-state index contributed by atoms with van der Waals surface area (Å²) in [6, 6.07) is 24.3. The van der Waals surface area contributed by atoms with Gasteiger partial charge in [-0.1, -0.05) is 30.3 Å². The Bertz CT molecular complexity index is 1540. The van der Waals surface area contributed by atoms with E-state index >= 15 is 0 Å². The molecular weight excluding hydrogens is 584 g/mol. The van der Waals surface area contributed by atoms with Crippen molar-refractivity contribution >= 4 is 27.6 Å². The fourth-order valence-electron chi connectivity index (χ4n) is 5.63. The van der Waals surface area contributed by atoms with E-state index < -0.39 is 0 Å². The van der Waals surface area contributed by atoms with Gasteiger partial charge in [-0.15, -0.1) is 0 Å². The first-order valence-corrected chi connectivity index (χ1v) is 13.9. The van der Waals surface area contributed by atoms with E-state index in [2.05, 4.69) is 58.4 Å². The van der Waals surface area contributed by atoms with Gasteiger partial charge in [0.1, 0.15) is 34.5 Å². The van der Waals surface area contributed by atoms with Crippen LogP contribution in [-0.2, 0) is 0 Å². The second-order valence-electron chi connectivity index (χ2n) is 9.63. The largest absolute Gasteiger partial charge is 0.497 e. The number of allylic oxidation sites excluding steroid dienone is 1. The Kier molecular flexibility index (Phi) is 8.45. The average Bonchev–Trinajstić information content (AvgIpc) is 3.36. The van der Waals surface area contributed by atoms with E-state index in [1.54, 1.807) is 42.7 Å². The van der Waals surface area contributed by atoms with E-state index in [0.29, 0.717) is 17.2 Å². The molecule has 4 aromatic rings. The summed E-state index contributed by atoms with van der Waals surface area (Å²) in [4.78, 5) is 0. The monoisotopic (exact) mass is 616 g/mol. The van der Waals surface area contributed by atoms with Gasteiger partial charge in [0.25, 0.3) is 0 Å². The minimum atomic E-state index is -0.135. The molecule has 212 valence electrons. The number of methoxy groups -OCH3 is 6. The molecule has 7 heteroatoms. The molecule has 0 saturated carbocycles. The van der Waals surface area contributed by atoms with E-state index in [-0.39, 0.29) is 11.8 Å². The molecule has 0 saturated heterocycles.